The highest BCUT2D eigenvalue weighted by atomic mass is 16.7. The molecule has 6 unspecified atom stereocenters. The molecular formula is C37H40O10. The minimum Gasteiger partial charge on any atom is -0.506 e. The second-order valence-corrected chi connectivity index (χ2v) is 12.0. The lowest BCUT2D eigenvalue weighted by Crippen LogP contribution is -2.60. The van der Waals surface area contributed by atoms with Gasteiger partial charge in [-0.2, -0.15) is 0 Å². The molecule has 0 saturated carbocycles. The number of carbonyl (C=O) groups excluding carboxylic acids is 1. The number of hydrogen-bond acceptors (Lipinski definition) is 9. The van der Waals surface area contributed by atoms with E-state index in [9.17, 15) is 40.2 Å². The number of carboxylic acids is 1. The van der Waals surface area contributed by atoms with E-state index in [1.807, 2.05) is 36.4 Å². The topological polar surface area (TPSA) is 174 Å². The molecule has 1 heterocycles. The van der Waals surface area contributed by atoms with Crippen molar-refractivity contribution in [3.05, 3.63) is 106 Å². The van der Waals surface area contributed by atoms with Gasteiger partial charge >= 0.3 is 5.97 Å². The summed E-state index contributed by atoms with van der Waals surface area (Å²) in [7, 11) is 0. The third-order valence-corrected chi connectivity index (χ3v) is 8.92. The van der Waals surface area contributed by atoms with Crippen molar-refractivity contribution in [1.82, 2.24) is 0 Å². The van der Waals surface area contributed by atoms with Crippen LogP contribution < -0.4 is 4.74 Å². The number of aromatic hydroxyl groups is 1. The van der Waals surface area contributed by atoms with E-state index in [0.717, 1.165) is 24.5 Å². The van der Waals surface area contributed by atoms with Gasteiger partial charge in [0.25, 0.3) is 0 Å². The second kappa shape index (κ2) is 14.6. The van der Waals surface area contributed by atoms with Crippen LogP contribution in [0.25, 0.3) is 10.8 Å². The number of phenolic OH excluding ortho intramolecular Hbond substituents is 1. The van der Waals surface area contributed by atoms with Crippen LogP contribution in [0.4, 0.5) is 0 Å². The highest BCUT2D eigenvalue weighted by Gasteiger charge is 2.45. The van der Waals surface area contributed by atoms with Gasteiger partial charge < -0.3 is 40.1 Å². The number of Topliss-reactive ketones (excluding diaryl/α,β-unsaturated/α-hetero) is 1. The predicted octanol–water partition coefficient (Wildman–Crippen LogP) is 4.28. The average molecular weight is 645 g/mol. The Balaban J connectivity index is 1.46. The van der Waals surface area contributed by atoms with Gasteiger partial charge in [0.1, 0.15) is 35.9 Å². The molecule has 0 amide bonds. The number of rotatable bonds is 12. The summed E-state index contributed by atoms with van der Waals surface area (Å²) in [5, 5.41) is 62.1. The number of benzene rings is 4. The van der Waals surface area contributed by atoms with Crippen LogP contribution in [0.5, 0.6) is 11.5 Å². The van der Waals surface area contributed by atoms with Crippen LogP contribution in [0.1, 0.15) is 68.7 Å². The molecule has 10 heteroatoms. The van der Waals surface area contributed by atoms with E-state index in [1.54, 1.807) is 13.0 Å². The molecular weight excluding hydrogens is 604 g/mol. The highest BCUT2D eigenvalue weighted by molar-refractivity contribution is 6.09. The van der Waals surface area contributed by atoms with Crippen LogP contribution >= 0.6 is 0 Å². The number of carboxylic acid groups (broad SMARTS) is 1. The average Bonchev–Trinajstić information content (AvgIpc) is 3.06. The van der Waals surface area contributed by atoms with Gasteiger partial charge in [-0.05, 0) is 71.9 Å². The quantitative estimate of drug-likeness (QED) is 0.122. The minimum atomic E-state index is -1.78. The first-order chi connectivity index (χ1) is 22.5. The lowest BCUT2D eigenvalue weighted by Gasteiger charge is -2.39. The standard InChI is InChI=1S/C37H40O10/c1-3-22(16-21-9-5-4-6-10-21)26-12-8-7-11-23(26)13-14-27(39)30-20(2)15-24-17-25(36(44)45)18-28(31(24)33(30)41)46-37-35(43)34(42)32(40)29(19-38)47-37/h4-12,15,17-18,22,29,32,34-35,37-38,40-43H,3,13-14,16,19H2,1-2H3,(H,44,45). The predicted molar refractivity (Wildman–Crippen MR) is 174 cm³/mol. The summed E-state index contributed by atoms with van der Waals surface area (Å²) in [6.45, 7) is 3.10. The molecule has 47 heavy (non-hydrogen) atoms. The Morgan fingerprint density at radius 2 is 1.64 bits per heavy atom. The van der Waals surface area contributed by atoms with Gasteiger partial charge in [-0.25, -0.2) is 4.79 Å². The first-order valence-electron chi connectivity index (χ1n) is 15.7. The van der Waals surface area contributed by atoms with Crippen LogP contribution in [0, 0.1) is 6.92 Å². The van der Waals surface area contributed by atoms with Crippen LogP contribution in [-0.4, -0.2) is 79.7 Å². The SMILES string of the molecule is CCC(Cc1ccccc1)c1ccccc1CCC(=O)c1c(C)cc2cc(C(=O)O)cc(OC3OC(CO)C(O)C(O)C3O)c2c1O. The molecule has 248 valence electrons. The van der Waals surface area contributed by atoms with Crippen molar-refractivity contribution in [2.75, 3.05) is 6.61 Å². The van der Waals surface area contributed by atoms with Crippen molar-refractivity contribution < 1.29 is 49.7 Å². The smallest absolute Gasteiger partial charge is 0.335 e. The number of aliphatic hydroxyl groups excluding tert-OH is 4. The van der Waals surface area contributed by atoms with E-state index >= 15 is 0 Å². The Hall–Kier alpha value is -4.32. The van der Waals surface area contributed by atoms with E-state index in [2.05, 4.69) is 25.1 Å². The monoisotopic (exact) mass is 644 g/mol. The molecule has 1 saturated heterocycles. The maximum absolute atomic E-state index is 13.8. The fourth-order valence-electron chi connectivity index (χ4n) is 6.39. The normalized spacial score (nSPS) is 21.8. The molecule has 1 aliphatic heterocycles. The third kappa shape index (κ3) is 7.17. The van der Waals surface area contributed by atoms with E-state index in [4.69, 9.17) is 9.47 Å². The molecule has 1 aliphatic rings. The molecule has 5 rings (SSSR count). The summed E-state index contributed by atoms with van der Waals surface area (Å²) in [6, 6.07) is 22.3. The van der Waals surface area contributed by atoms with Crippen molar-refractivity contribution in [2.45, 2.75) is 76.2 Å². The van der Waals surface area contributed by atoms with E-state index < -0.39 is 49.0 Å². The molecule has 0 bridgehead atoms. The first-order valence-corrected chi connectivity index (χ1v) is 15.7. The number of aromatic carboxylic acids is 1. The fraction of sp³-hybridized carbons (Fsp3) is 0.351. The number of hydrogen-bond donors (Lipinski definition) is 6. The summed E-state index contributed by atoms with van der Waals surface area (Å²) in [5.74, 6) is -2.02. The number of phenols is 1. The maximum atomic E-state index is 13.8. The third-order valence-electron chi connectivity index (χ3n) is 8.92. The van der Waals surface area contributed by atoms with E-state index in [-0.39, 0.29) is 45.8 Å². The Bertz CT molecular complexity index is 1730. The van der Waals surface area contributed by atoms with Gasteiger partial charge in [0.15, 0.2) is 5.78 Å². The number of ether oxygens (including phenoxy) is 2. The van der Waals surface area contributed by atoms with Gasteiger partial charge in [-0.3, -0.25) is 4.79 Å². The highest BCUT2D eigenvalue weighted by Crippen LogP contribution is 2.41. The Morgan fingerprint density at radius 1 is 0.936 bits per heavy atom. The largest absolute Gasteiger partial charge is 0.506 e. The van der Waals surface area contributed by atoms with Crippen LogP contribution in [0.2, 0.25) is 0 Å². The van der Waals surface area contributed by atoms with Crippen LogP contribution in [0.15, 0.2) is 72.8 Å². The fourth-order valence-corrected chi connectivity index (χ4v) is 6.39. The first kappa shape index (κ1) is 34.0. The summed E-state index contributed by atoms with van der Waals surface area (Å²) in [4.78, 5) is 25.7. The zero-order chi connectivity index (χ0) is 33.8. The maximum Gasteiger partial charge on any atom is 0.335 e. The van der Waals surface area contributed by atoms with E-state index in [0.29, 0.717) is 12.0 Å². The zero-order valence-corrected chi connectivity index (χ0v) is 26.2. The zero-order valence-electron chi connectivity index (χ0n) is 26.2. The molecule has 4 aromatic rings. The van der Waals surface area contributed by atoms with Gasteiger partial charge in [0.2, 0.25) is 6.29 Å². The van der Waals surface area contributed by atoms with Crippen LogP contribution in [0.3, 0.4) is 0 Å². The minimum absolute atomic E-state index is 0.00946. The van der Waals surface area contributed by atoms with Crippen LogP contribution in [-0.2, 0) is 17.6 Å². The summed E-state index contributed by atoms with van der Waals surface area (Å²) in [6.07, 6.45) is -5.76. The Kier molecular flexibility index (Phi) is 10.6. The number of aryl methyl sites for hydroxylation is 2. The number of fused-ring (bicyclic) bond motifs is 1. The summed E-state index contributed by atoms with van der Waals surface area (Å²) in [5.41, 5.74) is 3.72. The molecule has 6 N–H and O–H groups in total. The lowest BCUT2D eigenvalue weighted by molar-refractivity contribution is -0.277. The van der Waals surface area contributed by atoms with Gasteiger partial charge in [-0.15, -0.1) is 0 Å². The van der Waals surface area contributed by atoms with Gasteiger partial charge in [-0.1, -0.05) is 67.6 Å². The van der Waals surface area contributed by atoms with Crippen molar-refractivity contribution >= 4 is 22.5 Å². The van der Waals surface area contributed by atoms with Crippen molar-refractivity contribution in [1.29, 1.82) is 0 Å². The lowest BCUT2D eigenvalue weighted by atomic mass is 9.85. The van der Waals surface area contributed by atoms with Crippen molar-refractivity contribution in [3.63, 3.8) is 0 Å². The molecule has 0 aliphatic carbocycles. The Labute approximate surface area is 272 Å². The Morgan fingerprint density at radius 3 is 2.32 bits per heavy atom. The summed E-state index contributed by atoms with van der Waals surface area (Å²) >= 11 is 0. The molecule has 10 nitrogen and oxygen atoms in total. The summed E-state index contributed by atoms with van der Waals surface area (Å²) < 4.78 is 11.3. The van der Waals surface area contributed by atoms with Gasteiger partial charge in [0, 0.05) is 6.42 Å². The number of aliphatic hydroxyl groups is 4. The molecule has 0 radical (unpaired) electrons. The molecule has 0 aromatic heterocycles. The number of ketones is 1. The van der Waals surface area contributed by atoms with Crippen molar-refractivity contribution in [2.24, 2.45) is 0 Å². The molecule has 4 aromatic carbocycles. The molecule has 6 atom stereocenters. The molecule has 1 fully saturated rings. The molecule has 0 spiro atoms. The van der Waals surface area contributed by atoms with E-state index in [1.165, 1.54) is 17.2 Å². The van der Waals surface area contributed by atoms with Crippen molar-refractivity contribution in [3.8, 4) is 11.5 Å². The second-order valence-electron chi connectivity index (χ2n) is 12.0. The number of carbonyl (C=O) groups is 2. The van der Waals surface area contributed by atoms with Gasteiger partial charge in [0.05, 0.1) is 23.1 Å².